The van der Waals surface area contributed by atoms with Crippen LogP contribution < -0.4 is 5.32 Å². The molecule has 2 aromatic rings. The predicted molar refractivity (Wildman–Crippen MR) is 80.6 cm³/mol. The molecule has 0 aliphatic carbocycles. The number of hydrogen-bond acceptors (Lipinski definition) is 5. The minimum Gasteiger partial charge on any atom is -0.447 e. The van der Waals surface area contributed by atoms with Crippen LogP contribution in [-0.4, -0.2) is 23.1 Å². The normalized spacial score (nSPS) is 11.8. The van der Waals surface area contributed by atoms with Gasteiger partial charge in [-0.3, -0.25) is 4.79 Å². The molecule has 0 fully saturated rings. The first-order valence-corrected chi connectivity index (χ1v) is 7.03. The minimum atomic E-state index is -0.941. The quantitative estimate of drug-likeness (QED) is 0.859. The molecular formula is C16H18N2O4. The fourth-order valence-electron chi connectivity index (χ4n) is 1.80. The average molecular weight is 302 g/mol. The number of benzene rings is 1. The van der Waals surface area contributed by atoms with Crippen LogP contribution in [0, 0.1) is 6.92 Å². The number of nitrogens with zero attached hydrogens (tertiary/aromatic N) is 1. The first kappa shape index (κ1) is 15.8. The molecule has 1 N–H and O–H groups in total. The summed E-state index contributed by atoms with van der Waals surface area (Å²) in [6.45, 7) is 5.24. The highest BCUT2D eigenvalue weighted by Crippen LogP contribution is 2.12. The third kappa shape index (κ3) is 3.94. The van der Waals surface area contributed by atoms with Crippen molar-refractivity contribution in [2.45, 2.75) is 33.3 Å². The Morgan fingerprint density at radius 2 is 2.00 bits per heavy atom. The van der Waals surface area contributed by atoms with Crippen LogP contribution in [0.3, 0.4) is 0 Å². The number of carbonyl (C=O) groups excluding carboxylic acids is 2. The van der Waals surface area contributed by atoms with Crippen LogP contribution in [0.2, 0.25) is 0 Å². The van der Waals surface area contributed by atoms with E-state index in [0.29, 0.717) is 11.4 Å². The molecule has 0 aliphatic heterocycles. The number of anilines is 1. The van der Waals surface area contributed by atoms with E-state index in [9.17, 15) is 9.59 Å². The Kier molecular flexibility index (Phi) is 4.93. The number of carbonyl (C=O) groups is 2. The fraction of sp³-hybridized carbons (Fsp3) is 0.312. The summed E-state index contributed by atoms with van der Waals surface area (Å²) in [4.78, 5) is 23.8. The van der Waals surface area contributed by atoms with Crippen LogP contribution in [0.25, 0.3) is 0 Å². The van der Waals surface area contributed by atoms with Gasteiger partial charge in [-0.25, -0.2) is 4.79 Å². The van der Waals surface area contributed by atoms with Gasteiger partial charge in [0.25, 0.3) is 5.91 Å². The summed E-state index contributed by atoms with van der Waals surface area (Å²) in [6.07, 6.45) is -0.0116. The Labute approximate surface area is 128 Å². The molecule has 0 bridgehead atoms. The van der Waals surface area contributed by atoms with Gasteiger partial charge < -0.3 is 14.6 Å². The number of nitrogens with one attached hydrogen (secondary N) is 1. The second-order valence-electron chi connectivity index (χ2n) is 4.92. The third-order valence-corrected chi connectivity index (χ3v) is 3.11. The zero-order chi connectivity index (χ0) is 16.1. The SMILES string of the molecule is CCc1ccc(NC(=O)[C@@H](C)OC(=O)c2cc(C)no2)cc1. The van der Waals surface area contributed by atoms with Crippen LogP contribution in [0.5, 0.6) is 0 Å². The summed E-state index contributed by atoms with van der Waals surface area (Å²) in [5, 5.41) is 6.29. The van der Waals surface area contributed by atoms with Crippen molar-refractivity contribution in [1.29, 1.82) is 0 Å². The fourth-order valence-corrected chi connectivity index (χ4v) is 1.80. The van der Waals surface area contributed by atoms with Crippen molar-refractivity contribution in [2.24, 2.45) is 0 Å². The van der Waals surface area contributed by atoms with Gasteiger partial charge in [0.1, 0.15) is 0 Å². The Morgan fingerprint density at radius 1 is 1.32 bits per heavy atom. The minimum absolute atomic E-state index is 0.0237. The standard InChI is InChI=1S/C16H18N2O4/c1-4-12-5-7-13(8-6-12)17-15(19)11(3)21-16(20)14-9-10(2)18-22-14/h5-9,11H,4H2,1-3H3,(H,17,19)/t11-/m1/s1. The lowest BCUT2D eigenvalue weighted by atomic mass is 10.1. The zero-order valence-electron chi connectivity index (χ0n) is 12.8. The number of ether oxygens (including phenoxy) is 1. The maximum Gasteiger partial charge on any atom is 0.377 e. The molecule has 0 spiro atoms. The molecule has 2 rings (SSSR count). The molecule has 1 amide bonds. The second kappa shape index (κ2) is 6.89. The van der Waals surface area contributed by atoms with E-state index in [2.05, 4.69) is 17.4 Å². The van der Waals surface area contributed by atoms with E-state index in [0.717, 1.165) is 6.42 Å². The molecule has 116 valence electrons. The number of aryl methyl sites for hydroxylation is 2. The molecule has 6 nitrogen and oxygen atoms in total. The van der Waals surface area contributed by atoms with E-state index >= 15 is 0 Å². The van der Waals surface area contributed by atoms with Gasteiger partial charge in [-0.1, -0.05) is 24.2 Å². The summed E-state index contributed by atoms with van der Waals surface area (Å²) in [7, 11) is 0. The maximum atomic E-state index is 12.0. The molecule has 0 aliphatic rings. The van der Waals surface area contributed by atoms with Crippen LogP contribution in [-0.2, 0) is 16.0 Å². The van der Waals surface area contributed by atoms with Gasteiger partial charge in [-0.15, -0.1) is 0 Å². The summed E-state index contributed by atoms with van der Waals surface area (Å²) in [5.41, 5.74) is 2.40. The Bertz CT molecular complexity index is 661. The van der Waals surface area contributed by atoms with E-state index in [1.54, 1.807) is 6.92 Å². The first-order valence-electron chi connectivity index (χ1n) is 7.03. The summed E-state index contributed by atoms with van der Waals surface area (Å²) in [6, 6.07) is 8.94. The molecule has 1 atom stereocenters. The molecule has 1 aromatic carbocycles. The molecule has 22 heavy (non-hydrogen) atoms. The molecule has 0 saturated carbocycles. The topological polar surface area (TPSA) is 81.4 Å². The summed E-state index contributed by atoms with van der Waals surface area (Å²) in [5.74, 6) is -1.15. The van der Waals surface area contributed by atoms with Gasteiger partial charge in [0.05, 0.1) is 5.69 Å². The van der Waals surface area contributed by atoms with Gasteiger partial charge in [-0.05, 0) is 38.0 Å². The molecule has 6 heteroatoms. The number of esters is 1. The lowest BCUT2D eigenvalue weighted by Gasteiger charge is -2.12. The highest BCUT2D eigenvalue weighted by atomic mass is 16.6. The largest absolute Gasteiger partial charge is 0.447 e. The molecule has 1 heterocycles. The van der Waals surface area contributed by atoms with Crippen molar-refractivity contribution in [3.8, 4) is 0 Å². The zero-order valence-corrected chi connectivity index (χ0v) is 12.8. The van der Waals surface area contributed by atoms with Crippen molar-refractivity contribution < 1.29 is 18.8 Å². The Balaban J connectivity index is 1.92. The van der Waals surface area contributed by atoms with Crippen molar-refractivity contribution in [3.05, 3.63) is 47.3 Å². The van der Waals surface area contributed by atoms with Gasteiger partial charge in [0.15, 0.2) is 6.10 Å². The molecule has 0 unspecified atom stereocenters. The van der Waals surface area contributed by atoms with E-state index in [-0.39, 0.29) is 5.76 Å². The van der Waals surface area contributed by atoms with Crippen molar-refractivity contribution >= 4 is 17.6 Å². The molecule has 0 radical (unpaired) electrons. The van der Waals surface area contributed by atoms with Crippen molar-refractivity contribution in [2.75, 3.05) is 5.32 Å². The van der Waals surface area contributed by atoms with Crippen LogP contribution in [0.4, 0.5) is 5.69 Å². The van der Waals surface area contributed by atoms with E-state index in [4.69, 9.17) is 9.26 Å². The summed E-state index contributed by atoms with van der Waals surface area (Å²) >= 11 is 0. The Hall–Kier alpha value is -2.63. The van der Waals surface area contributed by atoms with E-state index in [1.165, 1.54) is 18.6 Å². The number of aromatic nitrogens is 1. The predicted octanol–water partition coefficient (Wildman–Crippen LogP) is 2.73. The monoisotopic (exact) mass is 302 g/mol. The average Bonchev–Trinajstić information content (AvgIpc) is 2.94. The molecule has 1 aromatic heterocycles. The molecular weight excluding hydrogens is 284 g/mol. The van der Waals surface area contributed by atoms with Gasteiger partial charge >= 0.3 is 5.97 Å². The van der Waals surface area contributed by atoms with Crippen LogP contribution in [0.15, 0.2) is 34.9 Å². The van der Waals surface area contributed by atoms with Gasteiger partial charge in [0.2, 0.25) is 5.76 Å². The number of hydrogen-bond donors (Lipinski definition) is 1. The first-order chi connectivity index (χ1) is 10.5. The lowest BCUT2D eigenvalue weighted by molar-refractivity contribution is -0.123. The van der Waals surface area contributed by atoms with Crippen LogP contribution in [0.1, 0.15) is 35.7 Å². The summed E-state index contributed by atoms with van der Waals surface area (Å²) < 4.78 is 9.84. The highest BCUT2D eigenvalue weighted by Gasteiger charge is 2.21. The van der Waals surface area contributed by atoms with E-state index < -0.39 is 18.0 Å². The second-order valence-corrected chi connectivity index (χ2v) is 4.92. The Morgan fingerprint density at radius 3 is 2.55 bits per heavy atom. The maximum absolute atomic E-state index is 12.0. The number of amides is 1. The smallest absolute Gasteiger partial charge is 0.377 e. The van der Waals surface area contributed by atoms with Gasteiger partial charge in [0, 0.05) is 11.8 Å². The molecule has 0 saturated heterocycles. The van der Waals surface area contributed by atoms with Gasteiger partial charge in [-0.2, -0.15) is 0 Å². The van der Waals surface area contributed by atoms with Crippen molar-refractivity contribution in [1.82, 2.24) is 5.16 Å². The lowest BCUT2D eigenvalue weighted by Crippen LogP contribution is -2.29. The highest BCUT2D eigenvalue weighted by molar-refractivity contribution is 5.96. The van der Waals surface area contributed by atoms with Crippen molar-refractivity contribution in [3.63, 3.8) is 0 Å². The van der Waals surface area contributed by atoms with E-state index in [1.807, 2.05) is 24.3 Å². The van der Waals surface area contributed by atoms with Crippen LogP contribution >= 0.6 is 0 Å². The number of rotatable bonds is 5. The third-order valence-electron chi connectivity index (χ3n) is 3.11.